The van der Waals surface area contributed by atoms with Crippen LogP contribution in [0.25, 0.3) is 11.1 Å². The van der Waals surface area contributed by atoms with Crippen LogP contribution in [0.1, 0.15) is 36.0 Å². The number of amides is 2. The molecule has 1 saturated heterocycles. The lowest BCUT2D eigenvalue weighted by molar-refractivity contribution is -0.152. The van der Waals surface area contributed by atoms with E-state index in [-0.39, 0.29) is 29.4 Å². The molecule has 2 aliphatic rings. The van der Waals surface area contributed by atoms with Gasteiger partial charge in [-0.1, -0.05) is 67.4 Å². The Hall–Kier alpha value is -3.28. The SMILES string of the molecule is O=C(CN1C(=O)[C@@H]2CCCC[C@H]2C1=O)OCC(=O)c1ccc(-c2ccccc2)cc1. The summed E-state index contributed by atoms with van der Waals surface area (Å²) in [5, 5.41) is 0. The maximum Gasteiger partial charge on any atom is 0.326 e. The van der Waals surface area contributed by atoms with Crippen molar-refractivity contribution in [1.82, 2.24) is 4.90 Å². The fraction of sp³-hybridized carbons (Fsp3) is 0.333. The third-order valence-corrected chi connectivity index (χ3v) is 5.90. The van der Waals surface area contributed by atoms with Gasteiger partial charge in [0.05, 0.1) is 11.8 Å². The first kappa shape index (κ1) is 20.0. The second kappa shape index (κ2) is 8.61. The average molecular weight is 405 g/mol. The molecule has 2 amide bonds. The molecule has 0 spiro atoms. The fourth-order valence-electron chi connectivity index (χ4n) is 4.27. The van der Waals surface area contributed by atoms with Crippen LogP contribution in [0.2, 0.25) is 0 Å². The molecular formula is C24H23NO5. The number of likely N-dealkylation sites (tertiary alicyclic amines) is 1. The van der Waals surface area contributed by atoms with Crippen molar-refractivity contribution in [2.45, 2.75) is 25.7 Å². The summed E-state index contributed by atoms with van der Waals surface area (Å²) in [6, 6.07) is 16.9. The minimum absolute atomic E-state index is 0.288. The van der Waals surface area contributed by atoms with Crippen molar-refractivity contribution in [3.05, 3.63) is 60.2 Å². The van der Waals surface area contributed by atoms with Crippen molar-refractivity contribution in [2.75, 3.05) is 13.2 Å². The van der Waals surface area contributed by atoms with Crippen LogP contribution in [-0.4, -0.2) is 41.6 Å². The lowest BCUT2D eigenvalue weighted by Gasteiger charge is -2.19. The predicted octanol–water partition coefficient (Wildman–Crippen LogP) is 3.25. The van der Waals surface area contributed by atoms with Gasteiger partial charge in [0, 0.05) is 5.56 Å². The molecule has 2 atom stereocenters. The number of hydrogen-bond acceptors (Lipinski definition) is 5. The third-order valence-electron chi connectivity index (χ3n) is 5.90. The van der Waals surface area contributed by atoms with Crippen LogP contribution in [0.4, 0.5) is 0 Å². The van der Waals surface area contributed by atoms with Gasteiger partial charge in [0.2, 0.25) is 11.8 Å². The van der Waals surface area contributed by atoms with Crippen molar-refractivity contribution in [1.29, 1.82) is 0 Å². The largest absolute Gasteiger partial charge is 0.456 e. The summed E-state index contributed by atoms with van der Waals surface area (Å²) in [6.45, 7) is -0.850. The number of imide groups is 1. The molecule has 0 radical (unpaired) electrons. The van der Waals surface area contributed by atoms with Gasteiger partial charge in [-0.15, -0.1) is 0 Å². The van der Waals surface area contributed by atoms with E-state index in [9.17, 15) is 19.2 Å². The topological polar surface area (TPSA) is 80.8 Å². The molecule has 0 bridgehead atoms. The van der Waals surface area contributed by atoms with Crippen molar-refractivity contribution in [3.8, 4) is 11.1 Å². The molecule has 2 aromatic rings. The van der Waals surface area contributed by atoms with Gasteiger partial charge in [-0.05, 0) is 24.0 Å². The van der Waals surface area contributed by atoms with Crippen LogP contribution >= 0.6 is 0 Å². The second-order valence-corrected chi connectivity index (χ2v) is 7.79. The Morgan fingerprint density at radius 3 is 2.00 bits per heavy atom. The van der Waals surface area contributed by atoms with Crippen LogP contribution in [-0.2, 0) is 19.1 Å². The van der Waals surface area contributed by atoms with Gasteiger partial charge < -0.3 is 4.74 Å². The van der Waals surface area contributed by atoms with E-state index in [1.165, 1.54) is 0 Å². The lowest BCUT2D eigenvalue weighted by atomic mass is 9.81. The highest BCUT2D eigenvalue weighted by molar-refractivity contribution is 6.07. The zero-order valence-electron chi connectivity index (χ0n) is 16.6. The Morgan fingerprint density at radius 2 is 1.40 bits per heavy atom. The van der Waals surface area contributed by atoms with Gasteiger partial charge in [0.25, 0.3) is 0 Å². The molecule has 1 aliphatic carbocycles. The van der Waals surface area contributed by atoms with Gasteiger partial charge in [0.1, 0.15) is 6.54 Å². The number of hydrogen-bond donors (Lipinski definition) is 0. The number of carbonyl (C=O) groups excluding carboxylic acids is 4. The predicted molar refractivity (Wildman–Crippen MR) is 109 cm³/mol. The molecule has 2 aromatic carbocycles. The standard InChI is InChI=1S/C24H23NO5/c26-21(18-12-10-17(11-13-18)16-6-2-1-3-7-16)15-30-22(27)14-25-23(28)19-8-4-5-9-20(19)24(25)29/h1-3,6-7,10-13,19-20H,4-5,8-9,14-15H2/t19-,20-/m1/s1. The minimum atomic E-state index is -0.746. The van der Waals surface area contributed by atoms with Gasteiger partial charge in [-0.25, -0.2) is 0 Å². The zero-order valence-corrected chi connectivity index (χ0v) is 16.6. The van der Waals surface area contributed by atoms with E-state index in [1.54, 1.807) is 12.1 Å². The summed E-state index contributed by atoms with van der Waals surface area (Å²) in [6.07, 6.45) is 3.24. The molecular weight excluding hydrogens is 382 g/mol. The molecule has 1 aliphatic heterocycles. The third kappa shape index (κ3) is 4.03. The van der Waals surface area contributed by atoms with E-state index in [0.29, 0.717) is 18.4 Å². The molecule has 0 N–H and O–H groups in total. The number of esters is 1. The summed E-state index contributed by atoms with van der Waals surface area (Å²) in [5.41, 5.74) is 2.46. The number of ether oxygens (including phenoxy) is 1. The van der Waals surface area contributed by atoms with Crippen molar-refractivity contribution >= 4 is 23.6 Å². The highest BCUT2D eigenvalue weighted by Gasteiger charge is 2.48. The van der Waals surface area contributed by atoms with Crippen molar-refractivity contribution < 1.29 is 23.9 Å². The number of Topliss-reactive ketones (excluding diaryl/α,β-unsaturated/α-hetero) is 1. The first-order chi connectivity index (χ1) is 14.5. The molecule has 1 saturated carbocycles. The number of benzene rings is 2. The first-order valence-electron chi connectivity index (χ1n) is 10.2. The minimum Gasteiger partial charge on any atom is -0.456 e. The Kier molecular flexibility index (Phi) is 5.74. The smallest absolute Gasteiger partial charge is 0.326 e. The van der Waals surface area contributed by atoms with E-state index in [1.807, 2.05) is 42.5 Å². The highest BCUT2D eigenvalue weighted by atomic mass is 16.5. The van der Waals surface area contributed by atoms with Gasteiger partial charge in [0.15, 0.2) is 12.4 Å². The molecule has 4 rings (SSSR count). The van der Waals surface area contributed by atoms with Crippen LogP contribution in [0.15, 0.2) is 54.6 Å². The number of fused-ring (bicyclic) bond motifs is 1. The quantitative estimate of drug-likeness (QED) is 0.419. The molecule has 0 unspecified atom stereocenters. The average Bonchev–Trinajstić information content (AvgIpc) is 3.03. The fourth-order valence-corrected chi connectivity index (χ4v) is 4.27. The van der Waals surface area contributed by atoms with Crippen LogP contribution < -0.4 is 0 Å². The van der Waals surface area contributed by atoms with Crippen LogP contribution in [0.5, 0.6) is 0 Å². The number of ketones is 1. The summed E-state index contributed by atoms with van der Waals surface area (Å²) in [7, 11) is 0. The summed E-state index contributed by atoms with van der Waals surface area (Å²) >= 11 is 0. The number of rotatable bonds is 6. The van der Waals surface area contributed by atoms with E-state index in [0.717, 1.165) is 28.9 Å². The summed E-state index contributed by atoms with van der Waals surface area (Å²) < 4.78 is 5.05. The Balaban J connectivity index is 1.31. The van der Waals surface area contributed by atoms with Gasteiger partial charge >= 0.3 is 5.97 Å². The lowest BCUT2D eigenvalue weighted by Crippen LogP contribution is -2.37. The maximum absolute atomic E-state index is 12.4. The van der Waals surface area contributed by atoms with Gasteiger partial charge in [-0.2, -0.15) is 0 Å². The molecule has 6 heteroatoms. The zero-order chi connectivity index (χ0) is 21.1. The van der Waals surface area contributed by atoms with E-state index >= 15 is 0 Å². The number of nitrogens with zero attached hydrogens (tertiary/aromatic N) is 1. The Labute approximate surface area is 174 Å². The molecule has 1 heterocycles. The van der Waals surface area contributed by atoms with Crippen LogP contribution in [0, 0.1) is 11.8 Å². The molecule has 154 valence electrons. The molecule has 0 aromatic heterocycles. The van der Waals surface area contributed by atoms with Crippen molar-refractivity contribution in [2.24, 2.45) is 11.8 Å². The molecule has 30 heavy (non-hydrogen) atoms. The Bertz CT molecular complexity index is 943. The normalized spacial score (nSPS) is 20.7. The van der Waals surface area contributed by atoms with Gasteiger partial charge in [-0.3, -0.25) is 24.1 Å². The Morgan fingerprint density at radius 1 is 0.833 bits per heavy atom. The first-order valence-corrected chi connectivity index (χ1v) is 10.2. The summed E-state index contributed by atoms with van der Waals surface area (Å²) in [5.74, 6) is -2.26. The van der Waals surface area contributed by atoms with E-state index in [4.69, 9.17) is 4.74 Å². The highest BCUT2D eigenvalue weighted by Crippen LogP contribution is 2.37. The number of carbonyl (C=O) groups is 4. The molecule has 6 nitrogen and oxygen atoms in total. The second-order valence-electron chi connectivity index (χ2n) is 7.79. The van der Waals surface area contributed by atoms with E-state index in [2.05, 4.69) is 0 Å². The van der Waals surface area contributed by atoms with Crippen molar-refractivity contribution in [3.63, 3.8) is 0 Å². The molecule has 2 fully saturated rings. The summed E-state index contributed by atoms with van der Waals surface area (Å²) in [4.78, 5) is 50.3. The van der Waals surface area contributed by atoms with E-state index < -0.39 is 19.1 Å². The maximum atomic E-state index is 12.4. The monoisotopic (exact) mass is 405 g/mol. The van der Waals surface area contributed by atoms with Crippen LogP contribution in [0.3, 0.4) is 0 Å².